The van der Waals surface area contributed by atoms with E-state index in [0.29, 0.717) is 34.5 Å². The molecule has 1 aliphatic heterocycles. The van der Waals surface area contributed by atoms with Gasteiger partial charge in [-0.3, -0.25) is 4.79 Å². The molecule has 0 radical (unpaired) electrons. The van der Waals surface area contributed by atoms with Gasteiger partial charge in [-0.05, 0) is 61.7 Å². The van der Waals surface area contributed by atoms with Crippen molar-refractivity contribution in [2.45, 2.75) is 39.0 Å². The summed E-state index contributed by atoms with van der Waals surface area (Å²) < 4.78 is 42.6. The Morgan fingerprint density at radius 2 is 1.94 bits per heavy atom. The molecule has 5 nitrogen and oxygen atoms in total. The second kappa shape index (κ2) is 9.47. The Morgan fingerprint density at radius 3 is 2.55 bits per heavy atom. The van der Waals surface area contributed by atoms with Crippen LogP contribution >= 0.6 is 11.6 Å². The highest BCUT2D eigenvalue weighted by Crippen LogP contribution is 2.49. The van der Waals surface area contributed by atoms with Crippen molar-refractivity contribution in [2.24, 2.45) is 5.16 Å². The van der Waals surface area contributed by atoms with Crippen LogP contribution < -0.4 is 10.6 Å². The summed E-state index contributed by atoms with van der Waals surface area (Å²) in [6.45, 7) is 10.1. The molecule has 33 heavy (non-hydrogen) atoms. The number of carbonyl (C=O) groups excluding carboxylic acids is 1. The monoisotopic (exact) mass is 479 g/mol. The number of nitrogens with one attached hydrogen (secondary N) is 2. The number of oxime groups is 1. The van der Waals surface area contributed by atoms with E-state index in [1.165, 1.54) is 12.1 Å². The van der Waals surface area contributed by atoms with Crippen molar-refractivity contribution in [3.05, 3.63) is 81.5 Å². The summed E-state index contributed by atoms with van der Waals surface area (Å²) in [5.41, 5.74) is 0.131. The normalized spacial score (nSPS) is 17.8. The maximum atomic E-state index is 14.2. The standard InChI is InChI=1S/C24H25ClF3N3O2/c1-5-29-16(4)13-30-22(32)20-7-6-17(10-15(20)3)21-12-23(33-31-21,24(26,27)28)18-8-14(2)9-19(25)11-18/h6-11,29H,4-5,12-13H2,1-3H3,(H,30,32). The molecular weight excluding hydrogens is 455 g/mol. The van der Waals surface area contributed by atoms with Crippen molar-refractivity contribution < 1.29 is 22.8 Å². The summed E-state index contributed by atoms with van der Waals surface area (Å²) in [7, 11) is 0. The summed E-state index contributed by atoms with van der Waals surface area (Å²) >= 11 is 6.02. The van der Waals surface area contributed by atoms with Crippen LogP contribution in [0.4, 0.5) is 13.2 Å². The Bertz CT molecular complexity index is 1090. The highest BCUT2D eigenvalue weighted by molar-refractivity contribution is 6.30. The van der Waals surface area contributed by atoms with Crippen molar-refractivity contribution >= 4 is 23.2 Å². The number of aryl methyl sites for hydroxylation is 2. The number of nitrogens with zero attached hydrogens (tertiary/aromatic N) is 1. The largest absolute Gasteiger partial charge is 0.435 e. The number of likely N-dealkylation sites (N-methyl/N-ethyl adjacent to an activating group) is 1. The van der Waals surface area contributed by atoms with Gasteiger partial charge < -0.3 is 15.5 Å². The van der Waals surface area contributed by atoms with Crippen LogP contribution in [0.1, 0.15) is 46.0 Å². The Balaban J connectivity index is 1.84. The summed E-state index contributed by atoms with van der Waals surface area (Å²) in [5, 5.41) is 9.75. The van der Waals surface area contributed by atoms with Crippen molar-refractivity contribution in [1.82, 2.24) is 10.6 Å². The molecule has 176 valence electrons. The van der Waals surface area contributed by atoms with E-state index in [1.54, 1.807) is 38.1 Å². The summed E-state index contributed by atoms with van der Waals surface area (Å²) in [6.07, 6.45) is -5.23. The summed E-state index contributed by atoms with van der Waals surface area (Å²) in [6, 6.07) is 8.99. The fourth-order valence-electron chi connectivity index (χ4n) is 3.72. The third-order valence-electron chi connectivity index (χ3n) is 5.39. The van der Waals surface area contributed by atoms with E-state index in [9.17, 15) is 18.0 Å². The quantitative estimate of drug-likeness (QED) is 0.559. The number of hydrogen-bond donors (Lipinski definition) is 2. The first kappa shape index (κ1) is 24.6. The molecule has 1 aliphatic rings. The average Bonchev–Trinajstić information content (AvgIpc) is 3.18. The highest BCUT2D eigenvalue weighted by atomic mass is 35.5. The Labute approximate surface area is 195 Å². The molecule has 1 atom stereocenters. The van der Waals surface area contributed by atoms with Crippen LogP contribution in [0.5, 0.6) is 0 Å². The minimum absolute atomic E-state index is 0.104. The SMILES string of the molecule is C=C(CNC(=O)c1ccc(C2=NOC(c3cc(C)cc(Cl)c3)(C(F)(F)F)C2)cc1C)NCC. The fourth-order valence-corrected chi connectivity index (χ4v) is 4.01. The van der Waals surface area contributed by atoms with E-state index in [-0.39, 0.29) is 28.7 Å². The van der Waals surface area contributed by atoms with Crippen molar-refractivity contribution in [3.8, 4) is 0 Å². The Kier molecular flexibility index (Phi) is 7.07. The lowest BCUT2D eigenvalue weighted by molar-refractivity contribution is -0.275. The third kappa shape index (κ3) is 5.16. The van der Waals surface area contributed by atoms with E-state index in [2.05, 4.69) is 22.4 Å². The smallest absolute Gasteiger partial charge is 0.388 e. The van der Waals surface area contributed by atoms with Gasteiger partial charge in [0.15, 0.2) is 0 Å². The molecule has 0 saturated heterocycles. The summed E-state index contributed by atoms with van der Waals surface area (Å²) in [5.74, 6) is -0.304. The molecular formula is C24H25ClF3N3O2. The molecule has 0 saturated carbocycles. The lowest BCUT2D eigenvalue weighted by atomic mass is 9.85. The van der Waals surface area contributed by atoms with Gasteiger partial charge >= 0.3 is 6.18 Å². The minimum atomic E-state index is -4.72. The molecule has 2 aromatic rings. The molecule has 0 fully saturated rings. The predicted molar refractivity (Wildman–Crippen MR) is 122 cm³/mol. The maximum Gasteiger partial charge on any atom is 0.435 e. The van der Waals surface area contributed by atoms with Gasteiger partial charge in [-0.25, -0.2) is 0 Å². The molecule has 0 aromatic heterocycles. The zero-order chi connectivity index (χ0) is 24.4. The van der Waals surface area contributed by atoms with Crippen LogP contribution in [-0.2, 0) is 10.4 Å². The number of benzene rings is 2. The Hall–Kier alpha value is -3.00. The topological polar surface area (TPSA) is 62.7 Å². The van der Waals surface area contributed by atoms with Crippen molar-refractivity contribution in [2.75, 3.05) is 13.1 Å². The van der Waals surface area contributed by atoms with Gasteiger partial charge in [-0.1, -0.05) is 35.5 Å². The van der Waals surface area contributed by atoms with Crippen LogP contribution in [0.3, 0.4) is 0 Å². The first-order valence-corrected chi connectivity index (χ1v) is 10.7. The summed E-state index contributed by atoms with van der Waals surface area (Å²) in [4.78, 5) is 17.6. The van der Waals surface area contributed by atoms with E-state index in [4.69, 9.17) is 16.4 Å². The fraction of sp³-hybridized carbons (Fsp3) is 0.333. The lowest BCUT2D eigenvalue weighted by Crippen LogP contribution is -2.42. The highest BCUT2D eigenvalue weighted by Gasteiger charge is 2.62. The molecule has 0 bridgehead atoms. The van der Waals surface area contributed by atoms with Crippen molar-refractivity contribution in [3.63, 3.8) is 0 Å². The van der Waals surface area contributed by atoms with Gasteiger partial charge in [0.1, 0.15) is 0 Å². The van der Waals surface area contributed by atoms with Gasteiger partial charge in [-0.15, -0.1) is 0 Å². The zero-order valence-corrected chi connectivity index (χ0v) is 19.3. The average molecular weight is 480 g/mol. The zero-order valence-electron chi connectivity index (χ0n) is 18.6. The molecule has 2 aromatic carbocycles. The Morgan fingerprint density at radius 1 is 1.21 bits per heavy atom. The molecule has 0 spiro atoms. The van der Waals surface area contributed by atoms with E-state index in [1.807, 2.05) is 6.92 Å². The molecule has 1 amide bonds. The van der Waals surface area contributed by atoms with Gasteiger partial charge in [0, 0.05) is 34.8 Å². The lowest BCUT2D eigenvalue weighted by Gasteiger charge is -2.29. The van der Waals surface area contributed by atoms with E-state index >= 15 is 0 Å². The number of carbonyl (C=O) groups is 1. The van der Waals surface area contributed by atoms with Crippen LogP contribution in [0, 0.1) is 13.8 Å². The first-order valence-electron chi connectivity index (χ1n) is 10.4. The van der Waals surface area contributed by atoms with Gasteiger partial charge in [0.2, 0.25) is 0 Å². The second-order valence-electron chi connectivity index (χ2n) is 7.99. The first-order chi connectivity index (χ1) is 15.5. The van der Waals surface area contributed by atoms with Crippen LogP contribution in [-0.4, -0.2) is 30.9 Å². The van der Waals surface area contributed by atoms with Crippen molar-refractivity contribution in [1.29, 1.82) is 0 Å². The van der Waals surface area contributed by atoms with Crippen LogP contribution in [0.15, 0.2) is 53.8 Å². The van der Waals surface area contributed by atoms with Gasteiger partial charge in [0.25, 0.3) is 11.5 Å². The van der Waals surface area contributed by atoms with Gasteiger partial charge in [0.05, 0.1) is 12.3 Å². The maximum absolute atomic E-state index is 14.2. The molecule has 2 N–H and O–H groups in total. The van der Waals surface area contributed by atoms with Crippen LogP contribution in [0.2, 0.25) is 5.02 Å². The predicted octanol–water partition coefficient (Wildman–Crippen LogP) is 5.39. The number of alkyl halides is 3. The third-order valence-corrected chi connectivity index (χ3v) is 5.61. The number of hydrogen-bond acceptors (Lipinski definition) is 4. The molecule has 1 unspecified atom stereocenters. The number of amides is 1. The van der Waals surface area contributed by atoms with E-state index in [0.717, 1.165) is 0 Å². The molecule has 0 aliphatic carbocycles. The second-order valence-corrected chi connectivity index (χ2v) is 8.43. The number of rotatable bonds is 7. The molecule has 9 heteroatoms. The molecule has 3 rings (SSSR count). The van der Waals surface area contributed by atoms with Crippen LogP contribution in [0.25, 0.3) is 0 Å². The number of halogens is 4. The minimum Gasteiger partial charge on any atom is -0.388 e. The van der Waals surface area contributed by atoms with Gasteiger partial charge in [-0.2, -0.15) is 13.2 Å². The van der Waals surface area contributed by atoms with E-state index < -0.39 is 18.2 Å². The molecule has 1 heterocycles.